The molecule has 4 rings (SSSR count). The second kappa shape index (κ2) is 9.07. The number of ether oxygens (including phenoxy) is 2. The summed E-state index contributed by atoms with van der Waals surface area (Å²) in [5.74, 6) is 0.768. The number of aliphatic hydroxyl groups excluding tert-OH is 1. The van der Waals surface area contributed by atoms with Crippen LogP contribution in [-0.2, 0) is 30.9 Å². The van der Waals surface area contributed by atoms with E-state index in [0.717, 1.165) is 11.3 Å². The number of allylic oxidation sites excluding steroid dienone is 1. The first-order chi connectivity index (χ1) is 15.7. The summed E-state index contributed by atoms with van der Waals surface area (Å²) in [5, 5.41) is 11.4. The largest absolute Gasteiger partial charge is 0.497 e. The minimum Gasteiger partial charge on any atom is -0.497 e. The lowest BCUT2D eigenvalue weighted by Crippen LogP contribution is -2.43. The third kappa shape index (κ3) is 4.84. The van der Waals surface area contributed by atoms with Gasteiger partial charge in [-0.15, -0.1) is 0 Å². The molecule has 0 bridgehead atoms. The molecule has 9 heteroatoms. The number of methoxy groups -OCH3 is 1. The fourth-order valence-electron chi connectivity index (χ4n) is 4.26. The Kier molecular flexibility index (Phi) is 6.36. The number of carbonyl (C=O) groups is 1. The Bertz CT molecular complexity index is 1090. The van der Waals surface area contributed by atoms with Crippen molar-refractivity contribution >= 4 is 6.09 Å². The van der Waals surface area contributed by atoms with Crippen molar-refractivity contribution in [1.29, 1.82) is 0 Å². The molecule has 0 radical (unpaired) electrons. The minimum absolute atomic E-state index is 0.168. The molecule has 3 heterocycles. The van der Waals surface area contributed by atoms with Gasteiger partial charge in [0.05, 0.1) is 25.0 Å². The lowest BCUT2D eigenvalue weighted by Gasteiger charge is -2.33. The fraction of sp³-hybridized carbons (Fsp3) is 0.500. The van der Waals surface area contributed by atoms with Gasteiger partial charge in [0.15, 0.2) is 6.23 Å². The SMILES string of the molecule is COc1ccc(CN2C/C=C\Cn3c(c4n(c3=O)CCN(C(=O)OC(C)(C)C)C4)C2O)cc1. The van der Waals surface area contributed by atoms with Gasteiger partial charge in [0.25, 0.3) is 0 Å². The number of hydrogen-bond donors (Lipinski definition) is 1. The molecule has 0 saturated carbocycles. The van der Waals surface area contributed by atoms with Crippen molar-refractivity contribution in [2.24, 2.45) is 0 Å². The zero-order chi connectivity index (χ0) is 23.8. The molecule has 33 heavy (non-hydrogen) atoms. The second-order valence-electron chi connectivity index (χ2n) is 9.40. The van der Waals surface area contributed by atoms with Crippen LogP contribution >= 0.6 is 0 Å². The highest BCUT2D eigenvalue weighted by atomic mass is 16.6. The van der Waals surface area contributed by atoms with Crippen molar-refractivity contribution in [3.63, 3.8) is 0 Å². The molecule has 0 saturated heterocycles. The highest BCUT2D eigenvalue weighted by molar-refractivity contribution is 5.68. The van der Waals surface area contributed by atoms with Crippen molar-refractivity contribution < 1.29 is 19.4 Å². The first-order valence-corrected chi connectivity index (χ1v) is 11.2. The maximum absolute atomic E-state index is 13.1. The fourth-order valence-corrected chi connectivity index (χ4v) is 4.26. The van der Waals surface area contributed by atoms with E-state index in [1.165, 1.54) is 0 Å². The monoisotopic (exact) mass is 456 g/mol. The van der Waals surface area contributed by atoms with E-state index in [2.05, 4.69) is 0 Å². The van der Waals surface area contributed by atoms with Crippen LogP contribution in [0.2, 0.25) is 0 Å². The number of carbonyl (C=O) groups excluding carboxylic acids is 1. The molecule has 1 unspecified atom stereocenters. The smallest absolute Gasteiger partial charge is 0.410 e. The normalized spacial score (nSPS) is 19.8. The van der Waals surface area contributed by atoms with Crippen LogP contribution in [-0.4, -0.2) is 55.9 Å². The van der Waals surface area contributed by atoms with Crippen LogP contribution in [0.1, 0.15) is 44.0 Å². The van der Waals surface area contributed by atoms with Crippen molar-refractivity contribution in [2.45, 2.75) is 58.8 Å². The number of amides is 1. The predicted molar refractivity (Wildman–Crippen MR) is 123 cm³/mol. The van der Waals surface area contributed by atoms with Crippen molar-refractivity contribution in [3.8, 4) is 5.75 Å². The molecule has 1 N–H and O–H groups in total. The van der Waals surface area contributed by atoms with Gasteiger partial charge in [-0.05, 0) is 38.5 Å². The molecule has 9 nitrogen and oxygen atoms in total. The number of fused-ring (bicyclic) bond motifs is 3. The molecule has 1 atom stereocenters. The Morgan fingerprint density at radius 3 is 2.45 bits per heavy atom. The molecular formula is C24H32N4O5. The molecule has 1 aromatic heterocycles. The molecule has 2 aliphatic heterocycles. The zero-order valence-electron chi connectivity index (χ0n) is 19.7. The number of rotatable bonds is 3. The molecular weight excluding hydrogens is 424 g/mol. The number of aromatic nitrogens is 2. The summed E-state index contributed by atoms with van der Waals surface area (Å²) in [7, 11) is 1.62. The van der Waals surface area contributed by atoms with Gasteiger partial charge in [0, 0.05) is 32.7 Å². The van der Waals surface area contributed by atoms with Crippen LogP contribution < -0.4 is 10.4 Å². The molecule has 0 aliphatic carbocycles. The van der Waals surface area contributed by atoms with Crippen LogP contribution in [0.15, 0.2) is 41.2 Å². The number of imidazole rings is 1. The molecule has 178 valence electrons. The van der Waals surface area contributed by atoms with Gasteiger partial charge in [-0.3, -0.25) is 14.0 Å². The summed E-state index contributed by atoms with van der Waals surface area (Å²) in [4.78, 5) is 29.3. The lowest BCUT2D eigenvalue weighted by molar-refractivity contribution is -0.00564. The quantitative estimate of drug-likeness (QED) is 0.714. The highest BCUT2D eigenvalue weighted by Crippen LogP contribution is 2.28. The molecule has 1 amide bonds. The highest BCUT2D eigenvalue weighted by Gasteiger charge is 2.34. The Balaban J connectivity index is 1.64. The summed E-state index contributed by atoms with van der Waals surface area (Å²) < 4.78 is 14.0. The maximum Gasteiger partial charge on any atom is 0.410 e. The first kappa shape index (κ1) is 23.1. The van der Waals surface area contributed by atoms with Crippen molar-refractivity contribution in [2.75, 3.05) is 20.2 Å². The Morgan fingerprint density at radius 2 is 1.79 bits per heavy atom. The summed E-state index contributed by atoms with van der Waals surface area (Å²) in [6.45, 7) is 7.84. The van der Waals surface area contributed by atoms with E-state index in [9.17, 15) is 14.7 Å². The van der Waals surface area contributed by atoms with Gasteiger partial charge in [-0.2, -0.15) is 0 Å². The van der Waals surface area contributed by atoms with Gasteiger partial charge in [0.1, 0.15) is 11.4 Å². The number of hydrogen-bond acceptors (Lipinski definition) is 6. The number of benzene rings is 1. The minimum atomic E-state index is -1.00. The zero-order valence-corrected chi connectivity index (χ0v) is 19.7. The van der Waals surface area contributed by atoms with E-state index in [-0.39, 0.29) is 12.2 Å². The van der Waals surface area contributed by atoms with Crippen LogP contribution in [0, 0.1) is 0 Å². The second-order valence-corrected chi connectivity index (χ2v) is 9.40. The third-order valence-corrected chi connectivity index (χ3v) is 5.89. The van der Waals surface area contributed by atoms with Crippen LogP contribution in [0.5, 0.6) is 5.75 Å². The average molecular weight is 457 g/mol. The molecule has 2 aliphatic rings. The number of aliphatic hydroxyl groups is 1. The third-order valence-electron chi connectivity index (χ3n) is 5.89. The van der Waals surface area contributed by atoms with Gasteiger partial charge >= 0.3 is 11.8 Å². The van der Waals surface area contributed by atoms with Crippen LogP contribution in [0.25, 0.3) is 0 Å². The average Bonchev–Trinajstić information content (AvgIpc) is 3.04. The Morgan fingerprint density at radius 1 is 1.09 bits per heavy atom. The van der Waals surface area contributed by atoms with E-state index in [1.807, 2.05) is 62.1 Å². The van der Waals surface area contributed by atoms with E-state index in [4.69, 9.17) is 9.47 Å². The molecule has 0 spiro atoms. The summed E-state index contributed by atoms with van der Waals surface area (Å²) >= 11 is 0. The summed E-state index contributed by atoms with van der Waals surface area (Å²) in [5.41, 5.74) is 1.43. The van der Waals surface area contributed by atoms with Gasteiger partial charge in [-0.1, -0.05) is 24.3 Å². The van der Waals surface area contributed by atoms with Crippen LogP contribution in [0.4, 0.5) is 4.79 Å². The van der Waals surface area contributed by atoms with Crippen LogP contribution in [0.3, 0.4) is 0 Å². The molecule has 0 fully saturated rings. The van der Waals surface area contributed by atoms with Gasteiger partial charge in [-0.25, -0.2) is 9.59 Å². The lowest BCUT2D eigenvalue weighted by atomic mass is 10.1. The van der Waals surface area contributed by atoms with Crippen molar-refractivity contribution in [3.05, 3.63) is 63.9 Å². The standard InChI is InChI=1S/C24H32N4O5/c1-24(2,3)33-23(31)26-13-14-27-19(16-26)20-21(29)25(11-5-6-12-28(20)22(27)30)15-17-7-9-18(32-4)10-8-17/h5-10,21,29H,11-16H2,1-4H3/b6-5-. The number of nitrogens with zero attached hydrogens (tertiary/aromatic N) is 4. The molecule has 1 aromatic carbocycles. The maximum atomic E-state index is 13.1. The Hall–Kier alpha value is -3.04. The van der Waals surface area contributed by atoms with Gasteiger partial charge in [0.2, 0.25) is 0 Å². The molecule has 2 aromatic rings. The van der Waals surface area contributed by atoms with Crippen molar-refractivity contribution in [1.82, 2.24) is 18.9 Å². The Labute approximate surface area is 193 Å². The van der Waals surface area contributed by atoms with Gasteiger partial charge < -0.3 is 19.5 Å². The summed E-state index contributed by atoms with van der Waals surface area (Å²) in [6.07, 6.45) is 2.48. The van der Waals surface area contributed by atoms with E-state index >= 15 is 0 Å². The summed E-state index contributed by atoms with van der Waals surface area (Å²) in [6, 6.07) is 7.69. The van der Waals surface area contributed by atoms with E-state index in [0.29, 0.717) is 44.1 Å². The van der Waals surface area contributed by atoms with E-state index < -0.39 is 17.9 Å². The first-order valence-electron chi connectivity index (χ1n) is 11.2. The predicted octanol–water partition coefficient (Wildman–Crippen LogP) is 2.47. The topological polar surface area (TPSA) is 89.2 Å². The van der Waals surface area contributed by atoms with E-state index in [1.54, 1.807) is 21.1 Å².